The van der Waals surface area contributed by atoms with E-state index in [4.69, 9.17) is 4.74 Å². The van der Waals surface area contributed by atoms with Crippen molar-refractivity contribution in [2.24, 2.45) is 5.92 Å². The van der Waals surface area contributed by atoms with Gasteiger partial charge in [0.2, 0.25) is 0 Å². The summed E-state index contributed by atoms with van der Waals surface area (Å²) in [5.41, 5.74) is 0. The smallest absolute Gasteiger partial charge is 0.0587 e. The zero-order valence-electron chi connectivity index (χ0n) is 13.0. The number of methoxy groups -OCH3 is 1. The second-order valence-corrected chi connectivity index (χ2v) is 5.03. The molecule has 0 unspecified atom stereocenters. The Morgan fingerprint density at radius 2 is 1.78 bits per heavy atom. The summed E-state index contributed by atoms with van der Waals surface area (Å²) in [5, 5.41) is 3.40. The highest BCUT2D eigenvalue weighted by Crippen LogP contribution is 2.10. The fourth-order valence-electron chi connectivity index (χ4n) is 2.18. The lowest BCUT2D eigenvalue weighted by atomic mass is 10.0. The van der Waals surface area contributed by atoms with Gasteiger partial charge in [-0.1, -0.05) is 33.6 Å². The molecule has 0 aromatic carbocycles. The van der Waals surface area contributed by atoms with Crippen molar-refractivity contribution in [1.29, 1.82) is 0 Å². The second-order valence-electron chi connectivity index (χ2n) is 5.03. The molecule has 0 saturated carbocycles. The minimum atomic E-state index is 0.815. The van der Waals surface area contributed by atoms with E-state index in [2.05, 4.69) is 31.0 Å². The molecule has 0 spiro atoms. The molecule has 0 fully saturated rings. The van der Waals surface area contributed by atoms with Crippen LogP contribution in [-0.2, 0) is 4.74 Å². The van der Waals surface area contributed by atoms with Crippen LogP contribution in [0, 0.1) is 5.92 Å². The third-order valence-corrected chi connectivity index (χ3v) is 3.68. The zero-order chi connectivity index (χ0) is 13.6. The molecule has 0 radical (unpaired) electrons. The van der Waals surface area contributed by atoms with Crippen LogP contribution in [0.4, 0.5) is 0 Å². The Labute approximate surface area is 114 Å². The average molecular weight is 258 g/mol. The maximum Gasteiger partial charge on any atom is 0.0587 e. The van der Waals surface area contributed by atoms with Gasteiger partial charge >= 0.3 is 0 Å². The molecule has 3 heteroatoms. The zero-order valence-corrected chi connectivity index (χ0v) is 13.0. The van der Waals surface area contributed by atoms with Gasteiger partial charge in [0, 0.05) is 20.2 Å². The first kappa shape index (κ1) is 17.9. The van der Waals surface area contributed by atoms with Crippen LogP contribution in [0.5, 0.6) is 0 Å². The fourth-order valence-corrected chi connectivity index (χ4v) is 2.18. The van der Waals surface area contributed by atoms with Crippen molar-refractivity contribution in [1.82, 2.24) is 10.2 Å². The molecular weight excluding hydrogens is 224 g/mol. The Morgan fingerprint density at radius 3 is 2.33 bits per heavy atom. The number of nitrogens with one attached hydrogen (secondary N) is 1. The van der Waals surface area contributed by atoms with Gasteiger partial charge in [-0.2, -0.15) is 0 Å². The summed E-state index contributed by atoms with van der Waals surface area (Å²) >= 11 is 0. The third-order valence-electron chi connectivity index (χ3n) is 3.68. The minimum absolute atomic E-state index is 0.815. The van der Waals surface area contributed by atoms with E-state index in [1.165, 1.54) is 45.3 Å². The van der Waals surface area contributed by atoms with Crippen LogP contribution < -0.4 is 5.32 Å². The summed E-state index contributed by atoms with van der Waals surface area (Å²) in [6, 6.07) is 0. The van der Waals surface area contributed by atoms with Gasteiger partial charge in [0.1, 0.15) is 0 Å². The predicted octanol–water partition coefficient (Wildman–Crippen LogP) is 2.76. The molecule has 0 heterocycles. The number of nitrogens with zero attached hydrogens (tertiary/aromatic N) is 1. The number of hydrogen-bond acceptors (Lipinski definition) is 3. The normalized spacial score (nSPS) is 11.7. The summed E-state index contributed by atoms with van der Waals surface area (Å²) < 4.78 is 5.00. The lowest BCUT2D eigenvalue weighted by Gasteiger charge is -2.25. The Morgan fingerprint density at radius 1 is 1.06 bits per heavy atom. The van der Waals surface area contributed by atoms with E-state index in [-0.39, 0.29) is 0 Å². The average Bonchev–Trinajstić information content (AvgIpc) is 2.41. The van der Waals surface area contributed by atoms with Gasteiger partial charge in [0.25, 0.3) is 0 Å². The Balaban J connectivity index is 3.49. The van der Waals surface area contributed by atoms with Crippen molar-refractivity contribution >= 4 is 0 Å². The van der Waals surface area contributed by atoms with Crippen molar-refractivity contribution in [3.05, 3.63) is 0 Å². The molecule has 0 bridgehead atoms. The second kappa shape index (κ2) is 13.3. The third kappa shape index (κ3) is 9.86. The van der Waals surface area contributed by atoms with Gasteiger partial charge in [-0.05, 0) is 38.4 Å². The molecule has 0 amide bonds. The van der Waals surface area contributed by atoms with Crippen molar-refractivity contribution in [2.75, 3.05) is 46.4 Å². The lowest BCUT2D eigenvalue weighted by molar-refractivity contribution is 0.198. The molecule has 0 aliphatic rings. The molecule has 3 nitrogen and oxygen atoms in total. The Hall–Kier alpha value is -0.120. The number of hydrogen-bond donors (Lipinski definition) is 1. The van der Waals surface area contributed by atoms with Crippen molar-refractivity contribution in [2.45, 2.75) is 46.5 Å². The van der Waals surface area contributed by atoms with E-state index in [0.717, 1.165) is 25.6 Å². The Kier molecular flexibility index (Phi) is 13.2. The van der Waals surface area contributed by atoms with Gasteiger partial charge in [0.05, 0.1) is 6.61 Å². The van der Waals surface area contributed by atoms with E-state index in [9.17, 15) is 0 Å². The molecular formula is C15H34N2O. The summed E-state index contributed by atoms with van der Waals surface area (Å²) in [5.74, 6) is 0.879. The van der Waals surface area contributed by atoms with Crippen LogP contribution in [0.15, 0.2) is 0 Å². The highest BCUT2D eigenvalue weighted by molar-refractivity contribution is 4.63. The molecule has 0 aliphatic heterocycles. The molecule has 1 N–H and O–H groups in total. The van der Waals surface area contributed by atoms with Crippen molar-refractivity contribution in [3.8, 4) is 0 Å². The SMILES string of the molecule is CCC(CC)CN(CC)CCCCNCCOC. The summed E-state index contributed by atoms with van der Waals surface area (Å²) in [6.45, 7) is 13.5. The van der Waals surface area contributed by atoms with Crippen LogP contribution in [0.3, 0.4) is 0 Å². The molecule has 0 aromatic heterocycles. The molecule has 18 heavy (non-hydrogen) atoms. The van der Waals surface area contributed by atoms with E-state index in [1.54, 1.807) is 7.11 Å². The molecule has 0 atom stereocenters. The van der Waals surface area contributed by atoms with E-state index in [1.807, 2.05) is 0 Å². The Bertz CT molecular complexity index is 161. The maximum atomic E-state index is 5.00. The van der Waals surface area contributed by atoms with E-state index < -0.39 is 0 Å². The predicted molar refractivity (Wildman–Crippen MR) is 80.2 cm³/mol. The van der Waals surface area contributed by atoms with Gasteiger partial charge in [-0.3, -0.25) is 0 Å². The summed E-state index contributed by atoms with van der Waals surface area (Å²) in [6.07, 6.45) is 5.19. The standard InChI is InChI=1S/C15H34N2O/c1-5-15(6-2)14-17(7-3)12-9-8-10-16-11-13-18-4/h15-16H,5-14H2,1-4H3. The van der Waals surface area contributed by atoms with Crippen molar-refractivity contribution in [3.63, 3.8) is 0 Å². The largest absolute Gasteiger partial charge is 0.383 e. The highest BCUT2D eigenvalue weighted by atomic mass is 16.5. The fraction of sp³-hybridized carbons (Fsp3) is 1.00. The van der Waals surface area contributed by atoms with Crippen LogP contribution >= 0.6 is 0 Å². The number of unbranched alkanes of at least 4 members (excludes halogenated alkanes) is 1. The van der Waals surface area contributed by atoms with Crippen LogP contribution in [0.25, 0.3) is 0 Å². The first-order valence-electron chi connectivity index (χ1n) is 7.70. The molecule has 0 aliphatic carbocycles. The van der Waals surface area contributed by atoms with Gasteiger partial charge in [-0.15, -0.1) is 0 Å². The van der Waals surface area contributed by atoms with Crippen LogP contribution in [-0.4, -0.2) is 51.3 Å². The molecule has 0 rings (SSSR count). The lowest BCUT2D eigenvalue weighted by Crippen LogP contribution is -2.30. The highest BCUT2D eigenvalue weighted by Gasteiger charge is 2.09. The molecule has 0 saturated heterocycles. The molecule has 0 aromatic rings. The van der Waals surface area contributed by atoms with E-state index in [0.29, 0.717) is 0 Å². The monoisotopic (exact) mass is 258 g/mol. The summed E-state index contributed by atoms with van der Waals surface area (Å²) in [4.78, 5) is 2.60. The van der Waals surface area contributed by atoms with Gasteiger partial charge in [0.15, 0.2) is 0 Å². The molecule has 110 valence electrons. The minimum Gasteiger partial charge on any atom is -0.383 e. The van der Waals surface area contributed by atoms with Crippen LogP contribution in [0.2, 0.25) is 0 Å². The maximum absolute atomic E-state index is 5.00. The van der Waals surface area contributed by atoms with Gasteiger partial charge in [-0.25, -0.2) is 0 Å². The van der Waals surface area contributed by atoms with Crippen LogP contribution in [0.1, 0.15) is 46.5 Å². The quantitative estimate of drug-likeness (QED) is 0.514. The topological polar surface area (TPSA) is 24.5 Å². The van der Waals surface area contributed by atoms with Gasteiger partial charge < -0.3 is 15.0 Å². The number of ether oxygens (including phenoxy) is 1. The van der Waals surface area contributed by atoms with Crippen molar-refractivity contribution < 1.29 is 4.74 Å². The number of rotatable bonds is 13. The van der Waals surface area contributed by atoms with E-state index >= 15 is 0 Å². The summed E-state index contributed by atoms with van der Waals surface area (Å²) in [7, 11) is 1.75. The first-order chi connectivity index (χ1) is 8.78. The first-order valence-corrected chi connectivity index (χ1v) is 7.70.